The van der Waals surface area contributed by atoms with Gasteiger partial charge in [-0.05, 0) is 30.4 Å². The molecule has 0 aliphatic heterocycles. The van der Waals surface area contributed by atoms with Crippen LogP contribution in [0, 0.1) is 9.77 Å². The summed E-state index contributed by atoms with van der Waals surface area (Å²) >= 11 is 11.9. The lowest BCUT2D eigenvalue weighted by Crippen LogP contribution is -1.80. The van der Waals surface area contributed by atoms with Gasteiger partial charge in [0.15, 0.2) is 3.95 Å². The van der Waals surface area contributed by atoms with Gasteiger partial charge in [0.2, 0.25) is 0 Å². The van der Waals surface area contributed by atoms with Crippen molar-refractivity contribution in [2.45, 2.75) is 0 Å². The molecule has 0 spiro atoms. The van der Waals surface area contributed by atoms with Crippen molar-refractivity contribution in [2.24, 2.45) is 0 Å². The van der Waals surface area contributed by atoms with Crippen molar-refractivity contribution < 1.29 is 4.39 Å². The van der Waals surface area contributed by atoms with Crippen molar-refractivity contribution in [3.05, 3.63) is 33.0 Å². The molecule has 72 valence electrons. The number of halogens is 2. The van der Waals surface area contributed by atoms with E-state index in [2.05, 4.69) is 10.2 Å². The Morgan fingerprint density at radius 3 is 2.79 bits per heavy atom. The van der Waals surface area contributed by atoms with Gasteiger partial charge in [0, 0.05) is 10.6 Å². The summed E-state index contributed by atoms with van der Waals surface area (Å²) in [5, 5.41) is 7.54. The van der Waals surface area contributed by atoms with Crippen molar-refractivity contribution in [3.8, 4) is 10.6 Å². The Morgan fingerprint density at radius 2 is 2.21 bits per heavy atom. The summed E-state index contributed by atoms with van der Waals surface area (Å²) < 4.78 is 13.5. The second-order valence-corrected chi connectivity index (χ2v) is 4.68. The third-order valence-electron chi connectivity index (χ3n) is 1.55. The molecular weight excluding hydrogens is 243 g/mol. The Kier molecular flexibility index (Phi) is 2.62. The molecule has 0 aliphatic rings. The van der Waals surface area contributed by atoms with E-state index in [1.807, 2.05) is 0 Å². The summed E-state index contributed by atoms with van der Waals surface area (Å²) in [5.74, 6) is -0.381. The average molecular weight is 247 g/mol. The summed E-state index contributed by atoms with van der Waals surface area (Å²) in [7, 11) is 0. The number of aromatic nitrogens is 2. The lowest BCUT2D eigenvalue weighted by atomic mass is 10.2. The number of nitrogens with zero attached hydrogens (tertiary/aromatic N) is 1. The zero-order chi connectivity index (χ0) is 10.1. The third kappa shape index (κ3) is 2.00. The van der Waals surface area contributed by atoms with E-state index in [1.165, 1.54) is 23.5 Å². The van der Waals surface area contributed by atoms with Crippen LogP contribution >= 0.6 is 35.2 Å². The van der Waals surface area contributed by atoms with Gasteiger partial charge < -0.3 is 0 Å². The van der Waals surface area contributed by atoms with Crippen molar-refractivity contribution in [1.82, 2.24) is 10.2 Å². The quantitative estimate of drug-likeness (QED) is 0.778. The van der Waals surface area contributed by atoms with Gasteiger partial charge >= 0.3 is 0 Å². The normalized spacial score (nSPS) is 10.4. The summed E-state index contributed by atoms with van der Waals surface area (Å²) in [4.78, 5) is 0. The van der Waals surface area contributed by atoms with Crippen LogP contribution < -0.4 is 0 Å². The van der Waals surface area contributed by atoms with E-state index in [4.69, 9.17) is 23.8 Å². The van der Waals surface area contributed by atoms with Gasteiger partial charge in [0.1, 0.15) is 10.8 Å². The second kappa shape index (κ2) is 3.76. The fraction of sp³-hybridized carbons (Fsp3) is 0. The predicted molar refractivity (Wildman–Crippen MR) is 57.7 cm³/mol. The number of aromatic amines is 1. The van der Waals surface area contributed by atoms with Crippen LogP contribution in [0.3, 0.4) is 0 Å². The zero-order valence-electron chi connectivity index (χ0n) is 6.75. The minimum atomic E-state index is -0.381. The molecule has 0 amide bonds. The number of rotatable bonds is 1. The maximum absolute atomic E-state index is 13.0. The first kappa shape index (κ1) is 9.76. The molecule has 1 heterocycles. The topological polar surface area (TPSA) is 28.7 Å². The van der Waals surface area contributed by atoms with Gasteiger partial charge in [-0.3, -0.25) is 5.10 Å². The molecule has 6 heteroatoms. The first-order valence-electron chi connectivity index (χ1n) is 3.67. The molecule has 0 bridgehead atoms. The molecule has 0 saturated heterocycles. The SMILES string of the molecule is Fc1cc(Cl)cc(-c2n[nH]c(=S)s2)c1. The van der Waals surface area contributed by atoms with E-state index < -0.39 is 0 Å². The van der Waals surface area contributed by atoms with Crippen molar-refractivity contribution >= 4 is 35.2 Å². The van der Waals surface area contributed by atoms with Crippen LogP contribution in [0.2, 0.25) is 5.02 Å². The summed E-state index contributed by atoms with van der Waals surface area (Å²) in [6, 6.07) is 4.26. The van der Waals surface area contributed by atoms with Gasteiger partial charge in [-0.2, -0.15) is 5.10 Å². The number of nitrogens with one attached hydrogen (secondary N) is 1. The Balaban J connectivity index is 2.56. The molecule has 1 aromatic carbocycles. The van der Waals surface area contributed by atoms with Crippen LogP contribution in [-0.2, 0) is 0 Å². The summed E-state index contributed by atoms with van der Waals surface area (Å²) in [6.45, 7) is 0. The van der Waals surface area contributed by atoms with E-state index in [9.17, 15) is 4.39 Å². The number of hydrogen-bond donors (Lipinski definition) is 1. The van der Waals surface area contributed by atoms with Crippen molar-refractivity contribution in [2.75, 3.05) is 0 Å². The number of benzene rings is 1. The van der Waals surface area contributed by atoms with E-state index in [0.29, 0.717) is 19.5 Å². The molecule has 2 aromatic rings. The molecule has 0 unspecified atom stereocenters. The highest BCUT2D eigenvalue weighted by Gasteiger charge is 2.05. The molecule has 1 aromatic heterocycles. The average Bonchev–Trinajstić information content (AvgIpc) is 2.50. The van der Waals surface area contributed by atoms with Crippen LogP contribution in [0.4, 0.5) is 4.39 Å². The van der Waals surface area contributed by atoms with Crippen LogP contribution in [0.1, 0.15) is 0 Å². The standard InChI is InChI=1S/C8H4ClFN2S2/c9-5-1-4(2-6(10)3-5)7-11-12-8(13)14-7/h1-3H,(H,12,13). The van der Waals surface area contributed by atoms with E-state index >= 15 is 0 Å². The minimum Gasteiger partial charge on any atom is -0.258 e. The maximum Gasteiger partial charge on any atom is 0.176 e. The molecule has 2 nitrogen and oxygen atoms in total. The van der Waals surface area contributed by atoms with Crippen LogP contribution in [0.5, 0.6) is 0 Å². The lowest BCUT2D eigenvalue weighted by molar-refractivity contribution is 0.628. The van der Waals surface area contributed by atoms with Gasteiger partial charge in [-0.25, -0.2) is 4.39 Å². The molecule has 2 rings (SSSR count). The predicted octanol–water partition coefficient (Wildman–Crippen LogP) is 3.66. The summed E-state index contributed by atoms with van der Waals surface area (Å²) in [6.07, 6.45) is 0. The molecule has 14 heavy (non-hydrogen) atoms. The van der Waals surface area contributed by atoms with E-state index in [-0.39, 0.29) is 5.82 Å². The smallest absolute Gasteiger partial charge is 0.176 e. The van der Waals surface area contributed by atoms with E-state index in [0.717, 1.165) is 0 Å². The monoisotopic (exact) mass is 246 g/mol. The molecule has 0 atom stereocenters. The van der Waals surface area contributed by atoms with Gasteiger partial charge in [0.25, 0.3) is 0 Å². The fourth-order valence-corrected chi connectivity index (χ4v) is 2.13. The maximum atomic E-state index is 13.0. The zero-order valence-corrected chi connectivity index (χ0v) is 9.14. The Morgan fingerprint density at radius 1 is 1.43 bits per heavy atom. The number of H-pyrrole nitrogens is 1. The lowest BCUT2D eigenvalue weighted by Gasteiger charge is -1.96. The van der Waals surface area contributed by atoms with Gasteiger partial charge in [0.05, 0.1) is 0 Å². The molecule has 0 aliphatic carbocycles. The third-order valence-corrected chi connectivity index (χ3v) is 2.90. The fourth-order valence-electron chi connectivity index (χ4n) is 1.03. The van der Waals surface area contributed by atoms with Gasteiger partial charge in [-0.1, -0.05) is 22.9 Å². The molecule has 1 N–H and O–H groups in total. The summed E-state index contributed by atoms with van der Waals surface area (Å²) in [5.41, 5.74) is 0.632. The first-order chi connectivity index (χ1) is 6.65. The second-order valence-electron chi connectivity index (χ2n) is 2.58. The highest BCUT2D eigenvalue weighted by Crippen LogP contribution is 2.25. The Bertz CT molecular complexity index is 500. The molecule has 0 saturated carbocycles. The largest absolute Gasteiger partial charge is 0.258 e. The highest BCUT2D eigenvalue weighted by atomic mass is 35.5. The molecular formula is C8H4ClFN2S2. The Hall–Kier alpha value is -0.780. The number of hydrogen-bond acceptors (Lipinski definition) is 3. The van der Waals surface area contributed by atoms with Crippen LogP contribution in [0.15, 0.2) is 18.2 Å². The minimum absolute atomic E-state index is 0.348. The molecule has 0 radical (unpaired) electrons. The van der Waals surface area contributed by atoms with Crippen molar-refractivity contribution in [3.63, 3.8) is 0 Å². The van der Waals surface area contributed by atoms with Gasteiger partial charge in [-0.15, -0.1) is 0 Å². The highest BCUT2D eigenvalue weighted by molar-refractivity contribution is 7.73. The first-order valence-corrected chi connectivity index (χ1v) is 5.27. The van der Waals surface area contributed by atoms with Crippen molar-refractivity contribution in [1.29, 1.82) is 0 Å². The van der Waals surface area contributed by atoms with Crippen LogP contribution in [0.25, 0.3) is 10.6 Å². The molecule has 0 fully saturated rings. The van der Waals surface area contributed by atoms with Crippen LogP contribution in [-0.4, -0.2) is 10.2 Å². The van der Waals surface area contributed by atoms with E-state index in [1.54, 1.807) is 6.07 Å². The Labute approximate surface area is 93.4 Å².